The normalized spacial score (nSPS) is 10.1. The average molecular weight is 258 g/mol. The van der Waals surface area contributed by atoms with E-state index in [1.54, 1.807) is 13.3 Å². The molecule has 100 valence electrons. The van der Waals surface area contributed by atoms with Crippen LogP contribution in [-0.2, 0) is 6.54 Å². The zero-order chi connectivity index (χ0) is 13.7. The van der Waals surface area contributed by atoms with E-state index in [-0.39, 0.29) is 0 Å². The molecule has 2 rings (SSSR count). The van der Waals surface area contributed by atoms with Gasteiger partial charge in [-0.3, -0.25) is 4.98 Å². The van der Waals surface area contributed by atoms with E-state index in [1.807, 2.05) is 49.5 Å². The maximum atomic E-state index is 5.11. The molecule has 0 aliphatic heterocycles. The molecule has 0 amide bonds. The molecule has 0 atom stereocenters. The highest BCUT2D eigenvalue weighted by Gasteiger charge is 2.04. The van der Waals surface area contributed by atoms with Crippen LogP contribution in [0.4, 0.5) is 11.4 Å². The molecule has 0 aromatic carbocycles. The molecule has 2 aromatic rings. The van der Waals surface area contributed by atoms with E-state index < -0.39 is 0 Å². The van der Waals surface area contributed by atoms with Crippen LogP contribution in [0.25, 0.3) is 0 Å². The van der Waals surface area contributed by atoms with Gasteiger partial charge in [-0.2, -0.15) is 0 Å². The van der Waals surface area contributed by atoms with Crippen molar-refractivity contribution in [3.05, 3.63) is 42.4 Å². The van der Waals surface area contributed by atoms with Gasteiger partial charge in [0.2, 0.25) is 5.88 Å². The highest BCUT2D eigenvalue weighted by Crippen LogP contribution is 2.22. The van der Waals surface area contributed by atoms with E-state index >= 15 is 0 Å². The zero-order valence-electron chi connectivity index (χ0n) is 11.4. The summed E-state index contributed by atoms with van der Waals surface area (Å²) >= 11 is 0. The summed E-state index contributed by atoms with van der Waals surface area (Å²) in [5.74, 6) is 0.623. The molecular formula is C14H18N4O. The number of methoxy groups -OCH3 is 1. The lowest BCUT2D eigenvalue weighted by Crippen LogP contribution is -2.12. The molecule has 0 saturated heterocycles. The molecule has 1 N–H and O–H groups in total. The maximum absolute atomic E-state index is 5.11. The first-order valence-electron chi connectivity index (χ1n) is 6.06. The highest BCUT2D eigenvalue weighted by atomic mass is 16.5. The smallest absolute Gasteiger partial charge is 0.213 e. The molecule has 2 aromatic heterocycles. The van der Waals surface area contributed by atoms with Crippen LogP contribution in [0.3, 0.4) is 0 Å². The van der Waals surface area contributed by atoms with E-state index in [2.05, 4.69) is 15.3 Å². The average Bonchev–Trinajstić information content (AvgIpc) is 2.45. The Kier molecular flexibility index (Phi) is 4.18. The summed E-state index contributed by atoms with van der Waals surface area (Å²) in [4.78, 5) is 10.5. The number of aromatic nitrogens is 2. The molecule has 0 bridgehead atoms. The second kappa shape index (κ2) is 6.04. The number of hydrogen-bond donors (Lipinski definition) is 1. The topological polar surface area (TPSA) is 50.3 Å². The van der Waals surface area contributed by atoms with Crippen molar-refractivity contribution in [3.8, 4) is 5.88 Å². The Bertz CT molecular complexity index is 542. The fraction of sp³-hybridized carbons (Fsp3) is 0.286. The van der Waals surface area contributed by atoms with E-state index in [4.69, 9.17) is 4.74 Å². The molecule has 5 nitrogen and oxygen atoms in total. The first-order chi connectivity index (χ1) is 9.20. The molecule has 0 aliphatic carbocycles. The summed E-state index contributed by atoms with van der Waals surface area (Å²) in [6.07, 6.45) is 3.60. The van der Waals surface area contributed by atoms with Crippen molar-refractivity contribution >= 4 is 11.4 Å². The largest absolute Gasteiger partial charge is 0.481 e. The predicted molar refractivity (Wildman–Crippen MR) is 76.7 cm³/mol. The number of pyridine rings is 2. The predicted octanol–water partition coefficient (Wildman–Crippen LogP) is 2.16. The molecule has 0 spiro atoms. The standard InChI is InChI=1S/C14H18N4O/c1-18(2)13-7-8-15-10-12(13)16-9-11-5-4-6-14(17-11)19-3/h4-8,10,16H,9H2,1-3H3. The summed E-state index contributed by atoms with van der Waals surface area (Å²) < 4.78 is 5.11. The Morgan fingerprint density at radius 3 is 2.84 bits per heavy atom. The zero-order valence-corrected chi connectivity index (χ0v) is 11.4. The molecule has 19 heavy (non-hydrogen) atoms. The molecule has 0 fully saturated rings. The summed E-state index contributed by atoms with van der Waals surface area (Å²) in [5, 5.41) is 3.34. The Morgan fingerprint density at radius 1 is 1.26 bits per heavy atom. The van der Waals surface area contributed by atoms with Crippen LogP contribution in [0.5, 0.6) is 5.88 Å². The number of ether oxygens (including phenoxy) is 1. The van der Waals surface area contributed by atoms with Crippen molar-refractivity contribution < 1.29 is 4.74 Å². The number of rotatable bonds is 5. The fourth-order valence-electron chi connectivity index (χ4n) is 1.77. The van der Waals surface area contributed by atoms with Crippen LogP contribution in [-0.4, -0.2) is 31.2 Å². The molecule has 0 radical (unpaired) electrons. The van der Waals surface area contributed by atoms with E-state index in [1.165, 1.54) is 0 Å². The van der Waals surface area contributed by atoms with Crippen molar-refractivity contribution in [3.63, 3.8) is 0 Å². The van der Waals surface area contributed by atoms with Crippen molar-refractivity contribution in [2.45, 2.75) is 6.54 Å². The van der Waals surface area contributed by atoms with Crippen molar-refractivity contribution in [2.24, 2.45) is 0 Å². The van der Waals surface area contributed by atoms with Gasteiger partial charge in [0.1, 0.15) is 0 Å². The Balaban J connectivity index is 2.10. The third kappa shape index (κ3) is 3.34. The minimum Gasteiger partial charge on any atom is -0.481 e. The third-order valence-corrected chi connectivity index (χ3v) is 2.73. The molecule has 0 saturated carbocycles. The maximum Gasteiger partial charge on any atom is 0.213 e. The lowest BCUT2D eigenvalue weighted by atomic mass is 10.3. The quantitative estimate of drug-likeness (QED) is 0.890. The summed E-state index contributed by atoms with van der Waals surface area (Å²) in [7, 11) is 5.62. The Hall–Kier alpha value is -2.30. The first-order valence-corrected chi connectivity index (χ1v) is 6.06. The van der Waals surface area contributed by atoms with Crippen molar-refractivity contribution in [1.29, 1.82) is 0 Å². The van der Waals surface area contributed by atoms with Gasteiger partial charge in [-0.05, 0) is 12.1 Å². The monoisotopic (exact) mass is 258 g/mol. The minimum absolute atomic E-state index is 0.623. The van der Waals surface area contributed by atoms with Gasteiger partial charge in [0.25, 0.3) is 0 Å². The van der Waals surface area contributed by atoms with E-state index in [9.17, 15) is 0 Å². The highest BCUT2D eigenvalue weighted by molar-refractivity contribution is 5.68. The minimum atomic E-state index is 0.623. The van der Waals surface area contributed by atoms with E-state index in [0.717, 1.165) is 17.1 Å². The Morgan fingerprint density at radius 2 is 2.11 bits per heavy atom. The molecular weight excluding hydrogens is 240 g/mol. The van der Waals surface area contributed by atoms with Crippen LogP contribution in [0, 0.1) is 0 Å². The van der Waals surface area contributed by atoms with Crippen molar-refractivity contribution in [1.82, 2.24) is 9.97 Å². The summed E-state index contributed by atoms with van der Waals surface area (Å²) in [6, 6.07) is 7.69. The van der Waals surface area contributed by atoms with Gasteiger partial charge in [0, 0.05) is 26.4 Å². The van der Waals surface area contributed by atoms with Crippen LogP contribution < -0.4 is 15.0 Å². The Labute approximate surface area is 113 Å². The van der Waals surface area contributed by atoms with Gasteiger partial charge in [-0.25, -0.2) is 4.98 Å². The molecule has 2 heterocycles. The molecule has 5 heteroatoms. The number of hydrogen-bond acceptors (Lipinski definition) is 5. The second-order valence-corrected chi connectivity index (χ2v) is 4.31. The van der Waals surface area contributed by atoms with Gasteiger partial charge >= 0.3 is 0 Å². The van der Waals surface area contributed by atoms with Gasteiger partial charge in [-0.15, -0.1) is 0 Å². The van der Waals surface area contributed by atoms with Gasteiger partial charge in [0.15, 0.2) is 0 Å². The molecule has 0 aliphatic rings. The fourth-order valence-corrected chi connectivity index (χ4v) is 1.77. The third-order valence-electron chi connectivity index (χ3n) is 2.73. The summed E-state index contributed by atoms with van der Waals surface area (Å²) in [5.41, 5.74) is 3.00. The van der Waals surface area contributed by atoms with Gasteiger partial charge < -0.3 is 15.0 Å². The van der Waals surface area contributed by atoms with Crippen molar-refractivity contribution in [2.75, 3.05) is 31.4 Å². The molecule has 0 unspecified atom stereocenters. The van der Waals surface area contributed by atoms with E-state index in [0.29, 0.717) is 12.4 Å². The van der Waals surface area contributed by atoms with Crippen LogP contribution >= 0.6 is 0 Å². The number of nitrogens with zero attached hydrogens (tertiary/aromatic N) is 3. The van der Waals surface area contributed by atoms with Crippen LogP contribution in [0.15, 0.2) is 36.7 Å². The lowest BCUT2D eigenvalue weighted by molar-refractivity contribution is 0.396. The SMILES string of the molecule is COc1cccc(CNc2cnccc2N(C)C)n1. The summed E-state index contributed by atoms with van der Waals surface area (Å²) in [6.45, 7) is 0.629. The van der Waals surface area contributed by atoms with Crippen LogP contribution in [0.2, 0.25) is 0 Å². The van der Waals surface area contributed by atoms with Crippen LogP contribution in [0.1, 0.15) is 5.69 Å². The van der Waals surface area contributed by atoms with Gasteiger partial charge in [0.05, 0.1) is 36.9 Å². The van der Waals surface area contributed by atoms with Gasteiger partial charge in [-0.1, -0.05) is 6.07 Å². The number of nitrogens with one attached hydrogen (secondary N) is 1. The lowest BCUT2D eigenvalue weighted by Gasteiger charge is -2.17. The second-order valence-electron chi connectivity index (χ2n) is 4.31. The number of anilines is 2. The first kappa shape index (κ1) is 13.1.